The molecule has 3 aromatic rings. The second kappa shape index (κ2) is 8.03. The lowest BCUT2D eigenvalue weighted by atomic mass is 10.1. The molecule has 3 rings (SSSR count). The van der Waals surface area contributed by atoms with Crippen LogP contribution < -0.4 is 5.32 Å². The predicted molar refractivity (Wildman–Crippen MR) is 116 cm³/mol. The standard InChI is InChI=1S/C22H27N5O2/c1-14(2)26-18-10-19(24-13-17(18)21(28)29-22(3,4)5)20-8-7-16-9-15(11-23-6)12-25-27(16)20/h7-10,12-14H,6,11H2,1-5H3,(H,24,26). The van der Waals surface area contributed by atoms with Gasteiger partial charge in [-0.15, -0.1) is 0 Å². The summed E-state index contributed by atoms with van der Waals surface area (Å²) in [5.74, 6) is -0.403. The fraction of sp³-hybridized carbons (Fsp3) is 0.364. The lowest BCUT2D eigenvalue weighted by Crippen LogP contribution is -2.25. The van der Waals surface area contributed by atoms with Gasteiger partial charge in [-0.3, -0.25) is 9.98 Å². The number of nitrogens with one attached hydrogen (secondary N) is 1. The first-order chi connectivity index (χ1) is 13.7. The maximum absolute atomic E-state index is 12.6. The molecule has 0 saturated carbocycles. The van der Waals surface area contributed by atoms with Crippen molar-refractivity contribution in [1.29, 1.82) is 0 Å². The molecule has 1 N–H and O–H groups in total. The summed E-state index contributed by atoms with van der Waals surface area (Å²) in [6.07, 6.45) is 3.33. The van der Waals surface area contributed by atoms with Crippen LogP contribution in [0, 0.1) is 0 Å². The Morgan fingerprint density at radius 1 is 1.28 bits per heavy atom. The van der Waals surface area contributed by atoms with E-state index in [4.69, 9.17) is 4.74 Å². The van der Waals surface area contributed by atoms with Crippen molar-refractivity contribution in [3.05, 3.63) is 47.8 Å². The third-order valence-corrected chi connectivity index (χ3v) is 4.08. The molecule has 0 atom stereocenters. The van der Waals surface area contributed by atoms with Gasteiger partial charge in [-0.2, -0.15) is 5.10 Å². The van der Waals surface area contributed by atoms with Crippen LogP contribution in [0.1, 0.15) is 50.5 Å². The Labute approximate surface area is 170 Å². The van der Waals surface area contributed by atoms with Crippen LogP contribution in [0.15, 0.2) is 41.7 Å². The third-order valence-electron chi connectivity index (χ3n) is 4.08. The first-order valence-electron chi connectivity index (χ1n) is 9.57. The second-order valence-corrected chi connectivity index (χ2v) is 8.22. The van der Waals surface area contributed by atoms with Gasteiger partial charge >= 0.3 is 5.97 Å². The van der Waals surface area contributed by atoms with Gasteiger partial charge in [0, 0.05) is 12.2 Å². The zero-order valence-corrected chi connectivity index (χ0v) is 17.6. The van der Waals surface area contributed by atoms with Gasteiger partial charge in [0.15, 0.2) is 0 Å². The summed E-state index contributed by atoms with van der Waals surface area (Å²) >= 11 is 0. The van der Waals surface area contributed by atoms with Crippen LogP contribution in [-0.2, 0) is 11.3 Å². The normalized spacial score (nSPS) is 11.7. The Morgan fingerprint density at radius 3 is 2.69 bits per heavy atom. The lowest BCUT2D eigenvalue weighted by Gasteiger charge is -2.21. The number of aliphatic imine (C=N–C) groups is 1. The van der Waals surface area contributed by atoms with Crippen LogP contribution in [0.5, 0.6) is 0 Å². The Hall–Kier alpha value is -3.22. The molecule has 7 heteroatoms. The van der Waals surface area contributed by atoms with Gasteiger partial charge in [-0.1, -0.05) is 0 Å². The van der Waals surface area contributed by atoms with Gasteiger partial charge in [0.25, 0.3) is 0 Å². The molecule has 0 amide bonds. The summed E-state index contributed by atoms with van der Waals surface area (Å²) in [6, 6.07) is 7.97. The third kappa shape index (κ3) is 4.80. The number of ether oxygens (including phenoxy) is 1. The topological polar surface area (TPSA) is 80.9 Å². The summed E-state index contributed by atoms with van der Waals surface area (Å²) in [6.45, 7) is 13.6. The summed E-state index contributed by atoms with van der Waals surface area (Å²) in [5.41, 5.74) is 3.99. The smallest absolute Gasteiger partial charge is 0.342 e. The molecule has 0 fully saturated rings. The van der Waals surface area contributed by atoms with Crippen molar-refractivity contribution in [3.8, 4) is 11.4 Å². The number of pyridine rings is 1. The van der Waals surface area contributed by atoms with Crippen LogP contribution in [0.25, 0.3) is 16.9 Å². The minimum absolute atomic E-state index is 0.141. The Bertz CT molecular complexity index is 1050. The fourth-order valence-electron chi connectivity index (χ4n) is 2.97. The maximum atomic E-state index is 12.6. The fourth-order valence-corrected chi connectivity index (χ4v) is 2.97. The number of carbonyl (C=O) groups is 1. The molecular weight excluding hydrogens is 366 g/mol. The summed E-state index contributed by atoms with van der Waals surface area (Å²) < 4.78 is 7.35. The number of fused-ring (bicyclic) bond motifs is 1. The molecule has 152 valence electrons. The molecule has 0 saturated heterocycles. The second-order valence-electron chi connectivity index (χ2n) is 8.22. The van der Waals surface area contributed by atoms with E-state index in [1.54, 1.807) is 12.4 Å². The number of carbonyl (C=O) groups excluding carboxylic acids is 1. The van der Waals surface area contributed by atoms with Crippen molar-refractivity contribution in [2.45, 2.75) is 52.8 Å². The van der Waals surface area contributed by atoms with Crippen LogP contribution >= 0.6 is 0 Å². The monoisotopic (exact) mass is 393 g/mol. The molecule has 0 spiro atoms. The number of nitrogens with zero attached hydrogens (tertiary/aromatic N) is 4. The zero-order chi connectivity index (χ0) is 21.2. The number of hydrogen-bond donors (Lipinski definition) is 1. The number of hydrogen-bond acceptors (Lipinski definition) is 6. The zero-order valence-electron chi connectivity index (χ0n) is 17.6. The largest absolute Gasteiger partial charge is 0.456 e. The number of rotatable bonds is 6. The molecule has 0 aliphatic rings. The van der Waals surface area contributed by atoms with Gasteiger partial charge < -0.3 is 10.1 Å². The predicted octanol–water partition coefficient (Wildman–Crippen LogP) is 4.37. The molecule has 0 aliphatic carbocycles. The van der Waals surface area contributed by atoms with E-state index in [9.17, 15) is 4.79 Å². The highest BCUT2D eigenvalue weighted by Gasteiger charge is 2.22. The van der Waals surface area contributed by atoms with Gasteiger partial charge in [0.1, 0.15) is 11.2 Å². The first kappa shape index (κ1) is 20.5. The minimum Gasteiger partial charge on any atom is -0.456 e. The van der Waals surface area contributed by atoms with Gasteiger partial charge in [-0.25, -0.2) is 9.31 Å². The molecule has 0 aliphatic heterocycles. The van der Waals surface area contributed by atoms with Crippen molar-refractivity contribution in [1.82, 2.24) is 14.6 Å². The van der Waals surface area contributed by atoms with Crippen molar-refractivity contribution in [3.63, 3.8) is 0 Å². The average Bonchev–Trinajstić information content (AvgIpc) is 3.03. The summed E-state index contributed by atoms with van der Waals surface area (Å²) in [4.78, 5) is 21.1. The quantitative estimate of drug-likeness (QED) is 0.497. The van der Waals surface area contributed by atoms with Gasteiger partial charge in [0.2, 0.25) is 0 Å². The number of esters is 1. The van der Waals surface area contributed by atoms with E-state index in [0.717, 1.165) is 16.8 Å². The van der Waals surface area contributed by atoms with Crippen LogP contribution in [0.2, 0.25) is 0 Å². The van der Waals surface area contributed by atoms with Gasteiger partial charge in [-0.05, 0) is 71.2 Å². The molecule has 0 aromatic carbocycles. The molecule has 3 aromatic heterocycles. The van der Waals surface area contributed by atoms with E-state index < -0.39 is 11.6 Å². The van der Waals surface area contributed by atoms with E-state index >= 15 is 0 Å². The van der Waals surface area contributed by atoms with E-state index in [2.05, 4.69) is 27.1 Å². The first-order valence-corrected chi connectivity index (χ1v) is 9.57. The van der Waals surface area contributed by atoms with E-state index in [0.29, 0.717) is 23.5 Å². The summed E-state index contributed by atoms with van der Waals surface area (Å²) in [7, 11) is 0. The number of aromatic nitrogens is 3. The molecule has 7 nitrogen and oxygen atoms in total. The summed E-state index contributed by atoms with van der Waals surface area (Å²) in [5, 5.41) is 7.84. The molecule has 3 heterocycles. The van der Waals surface area contributed by atoms with Crippen molar-refractivity contribution < 1.29 is 9.53 Å². The minimum atomic E-state index is -0.579. The highest BCUT2D eigenvalue weighted by molar-refractivity contribution is 5.96. The van der Waals surface area contributed by atoms with Crippen LogP contribution in [0.3, 0.4) is 0 Å². The van der Waals surface area contributed by atoms with Gasteiger partial charge in [0.05, 0.1) is 35.3 Å². The molecule has 0 bridgehead atoms. The van der Waals surface area contributed by atoms with Crippen molar-refractivity contribution in [2.24, 2.45) is 4.99 Å². The Morgan fingerprint density at radius 2 is 2.03 bits per heavy atom. The highest BCUT2D eigenvalue weighted by atomic mass is 16.6. The van der Waals surface area contributed by atoms with Crippen molar-refractivity contribution >= 4 is 23.9 Å². The van der Waals surface area contributed by atoms with Crippen LogP contribution in [0.4, 0.5) is 5.69 Å². The average molecular weight is 393 g/mol. The number of anilines is 1. The lowest BCUT2D eigenvalue weighted by molar-refractivity contribution is 0.00702. The van der Waals surface area contributed by atoms with Crippen LogP contribution in [-0.4, -0.2) is 38.9 Å². The Balaban J connectivity index is 2.03. The van der Waals surface area contributed by atoms with E-state index in [-0.39, 0.29) is 6.04 Å². The van der Waals surface area contributed by atoms with E-state index in [1.165, 1.54) is 0 Å². The molecular formula is C22H27N5O2. The van der Waals surface area contributed by atoms with E-state index in [1.807, 2.05) is 63.4 Å². The molecule has 0 radical (unpaired) electrons. The SMILES string of the molecule is C=NCc1cnn2c(-c3cc(NC(C)C)c(C(=O)OC(C)(C)C)cn3)ccc2c1. The Kier molecular flexibility index (Phi) is 5.68. The van der Waals surface area contributed by atoms with Crippen molar-refractivity contribution in [2.75, 3.05) is 5.32 Å². The molecule has 0 unspecified atom stereocenters. The highest BCUT2D eigenvalue weighted by Crippen LogP contribution is 2.27. The maximum Gasteiger partial charge on any atom is 0.342 e. The molecule has 29 heavy (non-hydrogen) atoms.